The van der Waals surface area contributed by atoms with Gasteiger partial charge < -0.3 is 14.4 Å². The number of methoxy groups -OCH3 is 2. The minimum atomic E-state index is -3.65. The van der Waals surface area contributed by atoms with Crippen LogP contribution < -0.4 is 14.4 Å². The maximum Gasteiger partial charge on any atom is 0.270 e. The van der Waals surface area contributed by atoms with E-state index in [1.165, 1.54) is 29.5 Å². The van der Waals surface area contributed by atoms with E-state index in [-0.39, 0.29) is 10.6 Å². The van der Waals surface area contributed by atoms with E-state index in [1.54, 1.807) is 14.2 Å². The summed E-state index contributed by atoms with van der Waals surface area (Å²) in [7, 11) is -0.398. The van der Waals surface area contributed by atoms with Crippen molar-refractivity contribution in [1.82, 2.24) is 4.98 Å². The van der Waals surface area contributed by atoms with Gasteiger partial charge in [-0.05, 0) is 37.1 Å². The lowest BCUT2D eigenvalue weighted by Crippen LogP contribution is -2.39. The highest BCUT2D eigenvalue weighted by Gasteiger charge is 2.33. The van der Waals surface area contributed by atoms with E-state index >= 15 is 0 Å². The lowest BCUT2D eigenvalue weighted by atomic mass is 10.1. The molecule has 1 aromatic heterocycles. The van der Waals surface area contributed by atoms with Gasteiger partial charge in [0.15, 0.2) is 15.0 Å². The first-order valence-electron chi connectivity index (χ1n) is 10.7. The number of benzene rings is 2. The molecule has 11 heteroatoms. The lowest BCUT2D eigenvalue weighted by Gasteiger charge is -2.31. The van der Waals surface area contributed by atoms with E-state index < -0.39 is 20.0 Å². The monoisotopic (exact) mass is 503 g/mol. The molecule has 0 bridgehead atoms. The Balaban J connectivity index is 1.43. The maximum absolute atomic E-state index is 13.0. The molecule has 0 unspecified atom stereocenters. The quantitative estimate of drug-likeness (QED) is 0.334. The van der Waals surface area contributed by atoms with Gasteiger partial charge in [0.1, 0.15) is 11.5 Å². The molecule has 180 valence electrons. The smallest absolute Gasteiger partial charge is 0.270 e. The molecule has 4 rings (SSSR count). The number of ether oxygens (including phenoxy) is 2. The zero-order chi connectivity index (χ0) is 24.3. The second-order valence-corrected chi connectivity index (χ2v) is 11.0. The Hall–Kier alpha value is -3.18. The number of hydrogen-bond acceptors (Lipinski definition) is 9. The number of nitrogens with zero attached hydrogens (tertiary/aromatic N) is 3. The van der Waals surface area contributed by atoms with Crippen LogP contribution in [-0.2, 0) is 16.3 Å². The number of hydrogen-bond donors (Lipinski definition) is 0. The third kappa shape index (κ3) is 5.00. The number of thiazole rings is 1. The summed E-state index contributed by atoms with van der Waals surface area (Å²) < 4.78 is 36.9. The highest BCUT2D eigenvalue weighted by atomic mass is 32.2. The maximum atomic E-state index is 13.0. The molecule has 1 aliphatic rings. The second-order valence-electron chi connectivity index (χ2n) is 7.96. The fourth-order valence-electron chi connectivity index (χ4n) is 4.06. The van der Waals surface area contributed by atoms with E-state index in [1.807, 2.05) is 23.6 Å². The Morgan fingerprint density at radius 3 is 2.59 bits per heavy atom. The normalized spacial score (nSPS) is 14.7. The number of non-ortho nitro benzene ring substituents is 1. The van der Waals surface area contributed by atoms with Crippen molar-refractivity contribution in [2.45, 2.75) is 29.4 Å². The summed E-state index contributed by atoms with van der Waals surface area (Å²) in [5.41, 5.74) is 1.65. The van der Waals surface area contributed by atoms with Crippen molar-refractivity contribution in [3.8, 4) is 11.5 Å². The number of rotatable bonds is 8. The molecule has 0 N–H and O–H groups in total. The van der Waals surface area contributed by atoms with Crippen LogP contribution >= 0.6 is 11.3 Å². The Labute approximate surface area is 202 Å². The van der Waals surface area contributed by atoms with Gasteiger partial charge in [-0.2, -0.15) is 0 Å². The fraction of sp³-hybridized carbons (Fsp3) is 0.348. The molecule has 2 aromatic carbocycles. The molecule has 0 saturated carbocycles. The van der Waals surface area contributed by atoms with Crippen molar-refractivity contribution >= 4 is 32.0 Å². The van der Waals surface area contributed by atoms with E-state index in [0.717, 1.165) is 34.0 Å². The molecule has 1 aliphatic heterocycles. The molecule has 1 fully saturated rings. The number of anilines is 1. The topological polar surface area (TPSA) is 112 Å². The standard InChI is InChI=1S/C23H25N3O6S2/c1-31-19-6-7-22(32-2)16(13-19)12-17-15-33-23(24-17)25-10-8-20(9-11-25)34(29,30)21-5-3-4-18(14-21)26(27)28/h3-7,13-15,20H,8-12H2,1-2H3. The van der Waals surface area contributed by atoms with Crippen LogP contribution in [0.4, 0.5) is 10.8 Å². The molecule has 0 amide bonds. The lowest BCUT2D eigenvalue weighted by molar-refractivity contribution is -0.385. The van der Waals surface area contributed by atoms with Crippen LogP contribution in [0.15, 0.2) is 52.7 Å². The second kappa shape index (κ2) is 9.98. The molecule has 0 aliphatic carbocycles. The number of nitro groups is 1. The Bertz CT molecular complexity index is 1280. The highest BCUT2D eigenvalue weighted by molar-refractivity contribution is 7.92. The van der Waals surface area contributed by atoms with E-state index in [4.69, 9.17) is 14.5 Å². The van der Waals surface area contributed by atoms with Gasteiger partial charge >= 0.3 is 0 Å². The van der Waals surface area contributed by atoms with Crippen molar-refractivity contribution in [1.29, 1.82) is 0 Å². The largest absolute Gasteiger partial charge is 0.497 e. The highest BCUT2D eigenvalue weighted by Crippen LogP contribution is 2.32. The first kappa shape index (κ1) is 24.0. The van der Waals surface area contributed by atoms with Crippen LogP contribution in [0.1, 0.15) is 24.1 Å². The van der Waals surface area contributed by atoms with E-state index in [0.29, 0.717) is 32.4 Å². The van der Waals surface area contributed by atoms with Gasteiger partial charge in [0.25, 0.3) is 5.69 Å². The van der Waals surface area contributed by atoms with Crippen molar-refractivity contribution in [2.75, 3.05) is 32.2 Å². The van der Waals surface area contributed by atoms with Gasteiger partial charge in [-0.3, -0.25) is 10.1 Å². The summed E-state index contributed by atoms with van der Waals surface area (Å²) in [4.78, 5) is 17.3. The molecule has 34 heavy (non-hydrogen) atoms. The Morgan fingerprint density at radius 1 is 1.15 bits per heavy atom. The Morgan fingerprint density at radius 2 is 1.91 bits per heavy atom. The van der Waals surface area contributed by atoms with Gasteiger partial charge in [0.05, 0.1) is 35.0 Å². The molecule has 2 heterocycles. The Kier molecular flexibility index (Phi) is 7.03. The summed E-state index contributed by atoms with van der Waals surface area (Å²) >= 11 is 1.53. The minimum Gasteiger partial charge on any atom is -0.497 e. The predicted molar refractivity (Wildman–Crippen MR) is 130 cm³/mol. The van der Waals surface area contributed by atoms with Crippen LogP contribution in [0, 0.1) is 10.1 Å². The molecule has 9 nitrogen and oxygen atoms in total. The molecular weight excluding hydrogens is 478 g/mol. The van der Waals surface area contributed by atoms with Gasteiger partial charge in [-0.1, -0.05) is 6.07 Å². The van der Waals surface area contributed by atoms with Gasteiger partial charge in [0, 0.05) is 42.6 Å². The van der Waals surface area contributed by atoms with Crippen molar-refractivity contribution in [3.05, 3.63) is 69.2 Å². The van der Waals surface area contributed by atoms with Crippen LogP contribution in [0.3, 0.4) is 0 Å². The van der Waals surface area contributed by atoms with Gasteiger partial charge in [-0.25, -0.2) is 13.4 Å². The van der Waals surface area contributed by atoms with Crippen molar-refractivity contribution in [3.63, 3.8) is 0 Å². The van der Waals surface area contributed by atoms with Crippen molar-refractivity contribution in [2.24, 2.45) is 0 Å². The molecule has 3 aromatic rings. The zero-order valence-corrected chi connectivity index (χ0v) is 20.5. The molecular formula is C23H25N3O6S2. The van der Waals surface area contributed by atoms with Crippen LogP contribution in [0.25, 0.3) is 0 Å². The van der Waals surface area contributed by atoms with Crippen molar-refractivity contribution < 1.29 is 22.8 Å². The molecule has 1 saturated heterocycles. The molecule has 0 spiro atoms. The summed E-state index contributed by atoms with van der Waals surface area (Å²) in [6.45, 7) is 1.10. The summed E-state index contributed by atoms with van der Waals surface area (Å²) in [5, 5.41) is 13.3. The summed E-state index contributed by atoms with van der Waals surface area (Å²) in [6.07, 6.45) is 1.46. The summed E-state index contributed by atoms with van der Waals surface area (Å²) in [5.74, 6) is 1.51. The van der Waals surface area contributed by atoms with E-state index in [2.05, 4.69) is 4.90 Å². The SMILES string of the molecule is COc1ccc(OC)c(Cc2csc(N3CCC(S(=O)(=O)c4cccc([N+](=O)[O-])c4)CC3)n2)c1. The number of piperidine rings is 1. The summed E-state index contributed by atoms with van der Waals surface area (Å²) in [6, 6.07) is 10.9. The van der Waals surface area contributed by atoms with E-state index in [9.17, 15) is 18.5 Å². The predicted octanol–water partition coefficient (Wildman–Crippen LogP) is 4.10. The van der Waals surface area contributed by atoms with Crippen LogP contribution in [0.2, 0.25) is 0 Å². The first-order valence-corrected chi connectivity index (χ1v) is 13.1. The number of nitro benzene ring substituents is 1. The third-order valence-electron chi connectivity index (χ3n) is 5.91. The van der Waals surface area contributed by atoms with Gasteiger partial charge in [0.2, 0.25) is 0 Å². The average Bonchev–Trinajstić information content (AvgIpc) is 3.32. The third-order valence-corrected chi connectivity index (χ3v) is 9.12. The first-order chi connectivity index (χ1) is 16.3. The van der Waals surface area contributed by atoms with Crippen LogP contribution in [-0.4, -0.2) is 50.9 Å². The molecule has 0 atom stereocenters. The number of sulfone groups is 1. The minimum absolute atomic E-state index is 0.00363. The molecule has 0 radical (unpaired) electrons. The van der Waals surface area contributed by atoms with Crippen LogP contribution in [0.5, 0.6) is 11.5 Å². The number of aromatic nitrogens is 1. The van der Waals surface area contributed by atoms with Gasteiger partial charge in [-0.15, -0.1) is 11.3 Å². The fourth-order valence-corrected chi connectivity index (χ4v) is 6.71. The average molecular weight is 504 g/mol. The zero-order valence-electron chi connectivity index (χ0n) is 18.8.